The molecule has 0 unspecified atom stereocenters. The van der Waals surface area contributed by atoms with Crippen molar-refractivity contribution in [3.63, 3.8) is 0 Å². The highest BCUT2D eigenvalue weighted by Crippen LogP contribution is 2.22. The van der Waals surface area contributed by atoms with Gasteiger partial charge in [0.15, 0.2) is 0 Å². The topological polar surface area (TPSA) is 70.4 Å². The third-order valence-electron chi connectivity index (χ3n) is 4.16. The maximum atomic E-state index is 14.4. The lowest BCUT2D eigenvalue weighted by Gasteiger charge is -2.13. The minimum atomic E-state index is -0.378. The van der Waals surface area contributed by atoms with Gasteiger partial charge in [-0.1, -0.05) is 6.07 Å². The molecular formula is C19H23FN2O4S. The van der Waals surface area contributed by atoms with Crippen molar-refractivity contribution in [1.82, 2.24) is 9.78 Å². The summed E-state index contributed by atoms with van der Waals surface area (Å²) in [7, 11) is 3.02. The molecule has 0 radical (unpaired) electrons. The molecule has 2 rings (SSSR count). The van der Waals surface area contributed by atoms with Crippen LogP contribution in [0, 0.1) is 12.7 Å². The van der Waals surface area contributed by atoms with Gasteiger partial charge in [-0.2, -0.15) is 5.10 Å². The SMILES string of the molecule is COCCOCC(=O)c1nn(C)c(=O)c(C)c1Cc1ccc(SC)cc1F. The van der Waals surface area contributed by atoms with Crippen LogP contribution in [0.2, 0.25) is 0 Å². The molecule has 0 bridgehead atoms. The number of aryl methyl sites for hydroxylation is 1. The van der Waals surface area contributed by atoms with Gasteiger partial charge < -0.3 is 9.47 Å². The Balaban J connectivity index is 2.38. The number of carbonyl (C=O) groups is 1. The van der Waals surface area contributed by atoms with Gasteiger partial charge in [0.2, 0.25) is 5.78 Å². The molecule has 1 aromatic carbocycles. The number of thioether (sulfide) groups is 1. The van der Waals surface area contributed by atoms with Crippen LogP contribution >= 0.6 is 11.8 Å². The average Bonchev–Trinajstić information content (AvgIpc) is 2.66. The fourth-order valence-corrected chi connectivity index (χ4v) is 3.04. The smallest absolute Gasteiger partial charge is 0.269 e. The summed E-state index contributed by atoms with van der Waals surface area (Å²) in [5.74, 6) is -0.738. The first-order valence-corrected chi connectivity index (χ1v) is 9.60. The number of hydrogen-bond donors (Lipinski definition) is 0. The predicted octanol–water partition coefficient (Wildman–Crippen LogP) is 2.39. The van der Waals surface area contributed by atoms with Gasteiger partial charge >= 0.3 is 0 Å². The number of ketones is 1. The van der Waals surface area contributed by atoms with Crippen LogP contribution in [-0.4, -0.2) is 48.7 Å². The van der Waals surface area contributed by atoms with Crippen LogP contribution in [0.25, 0.3) is 0 Å². The third-order valence-corrected chi connectivity index (χ3v) is 4.89. The summed E-state index contributed by atoms with van der Waals surface area (Å²) in [6, 6.07) is 4.92. The minimum absolute atomic E-state index is 0.106. The molecule has 0 aliphatic heterocycles. The van der Waals surface area contributed by atoms with Gasteiger partial charge in [0.05, 0.1) is 13.2 Å². The average molecular weight is 394 g/mol. The summed E-state index contributed by atoms with van der Waals surface area (Å²) in [6.45, 7) is 2.07. The third kappa shape index (κ3) is 5.24. The molecule has 0 aliphatic rings. The summed E-state index contributed by atoms with van der Waals surface area (Å²) >= 11 is 1.44. The number of hydrogen-bond acceptors (Lipinski definition) is 6. The van der Waals surface area contributed by atoms with Crippen molar-refractivity contribution < 1.29 is 18.7 Å². The van der Waals surface area contributed by atoms with E-state index in [9.17, 15) is 14.0 Å². The van der Waals surface area contributed by atoms with Crippen LogP contribution in [0.3, 0.4) is 0 Å². The quantitative estimate of drug-likeness (QED) is 0.370. The van der Waals surface area contributed by atoms with E-state index in [1.54, 1.807) is 13.0 Å². The van der Waals surface area contributed by atoms with Gasteiger partial charge in [-0.15, -0.1) is 11.8 Å². The summed E-state index contributed by atoms with van der Waals surface area (Å²) in [6.07, 6.45) is 1.97. The molecule has 0 amide bonds. The fourth-order valence-electron chi connectivity index (χ4n) is 2.61. The highest BCUT2D eigenvalue weighted by Gasteiger charge is 2.20. The number of carbonyl (C=O) groups excluding carboxylic acids is 1. The van der Waals surface area contributed by atoms with E-state index >= 15 is 0 Å². The maximum absolute atomic E-state index is 14.4. The lowest BCUT2D eigenvalue weighted by atomic mass is 9.98. The van der Waals surface area contributed by atoms with Crippen LogP contribution in [0.15, 0.2) is 27.9 Å². The van der Waals surface area contributed by atoms with Crippen LogP contribution in [0.4, 0.5) is 4.39 Å². The molecule has 146 valence electrons. The second-order valence-corrected chi connectivity index (χ2v) is 6.86. The van der Waals surface area contributed by atoms with Crippen molar-refractivity contribution in [1.29, 1.82) is 0 Å². The lowest BCUT2D eigenvalue weighted by Crippen LogP contribution is -2.29. The van der Waals surface area contributed by atoms with Crippen molar-refractivity contribution in [2.75, 3.05) is 33.2 Å². The zero-order valence-corrected chi connectivity index (χ0v) is 16.7. The zero-order chi connectivity index (χ0) is 20.0. The van der Waals surface area contributed by atoms with E-state index in [4.69, 9.17) is 9.47 Å². The molecule has 0 saturated heterocycles. The van der Waals surface area contributed by atoms with Crippen molar-refractivity contribution in [2.24, 2.45) is 7.05 Å². The molecular weight excluding hydrogens is 371 g/mol. The molecule has 0 fully saturated rings. The molecule has 1 aromatic heterocycles. The van der Waals surface area contributed by atoms with E-state index in [1.807, 2.05) is 12.3 Å². The van der Waals surface area contributed by atoms with E-state index in [2.05, 4.69) is 5.10 Å². The van der Waals surface area contributed by atoms with Crippen LogP contribution in [0.5, 0.6) is 0 Å². The molecule has 0 spiro atoms. The summed E-state index contributed by atoms with van der Waals surface area (Å²) in [5, 5.41) is 4.11. The number of benzene rings is 1. The van der Waals surface area contributed by atoms with Gasteiger partial charge in [-0.25, -0.2) is 9.07 Å². The molecule has 8 heteroatoms. The maximum Gasteiger partial charge on any atom is 0.269 e. The summed E-state index contributed by atoms with van der Waals surface area (Å²) in [5.41, 5.74) is 1.01. The second-order valence-electron chi connectivity index (χ2n) is 5.98. The molecule has 2 aromatic rings. The second kappa shape index (κ2) is 9.77. The van der Waals surface area contributed by atoms with Crippen molar-refractivity contribution in [2.45, 2.75) is 18.2 Å². The largest absolute Gasteiger partial charge is 0.382 e. The molecule has 27 heavy (non-hydrogen) atoms. The fraction of sp³-hybridized carbons (Fsp3) is 0.421. The Kier molecular flexibility index (Phi) is 7.70. The van der Waals surface area contributed by atoms with E-state index < -0.39 is 0 Å². The van der Waals surface area contributed by atoms with E-state index in [0.29, 0.717) is 23.3 Å². The number of rotatable bonds is 9. The first kappa shape index (κ1) is 21.3. The Morgan fingerprint density at radius 3 is 2.70 bits per heavy atom. The van der Waals surface area contributed by atoms with Crippen LogP contribution in [0.1, 0.15) is 27.2 Å². The molecule has 0 aliphatic carbocycles. The highest BCUT2D eigenvalue weighted by atomic mass is 32.2. The van der Waals surface area contributed by atoms with Crippen LogP contribution < -0.4 is 5.56 Å². The Hall–Kier alpha value is -2.03. The number of ether oxygens (including phenoxy) is 2. The van der Waals surface area contributed by atoms with Gasteiger partial charge in [-0.05, 0) is 36.4 Å². The number of Topliss-reactive ketones (excluding diaryl/α,β-unsaturated/α-hetero) is 1. The van der Waals surface area contributed by atoms with Crippen LogP contribution in [-0.2, 0) is 22.9 Å². The van der Waals surface area contributed by atoms with Crippen molar-refractivity contribution in [3.05, 3.63) is 56.8 Å². The number of aromatic nitrogens is 2. The highest BCUT2D eigenvalue weighted by molar-refractivity contribution is 7.98. The summed E-state index contributed by atoms with van der Waals surface area (Å²) < 4.78 is 25.7. The molecule has 1 heterocycles. The number of methoxy groups -OCH3 is 1. The molecule has 0 saturated carbocycles. The molecule has 0 atom stereocenters. The molecule has 0 N–H and O–H groups in total. The minimum Gasteiger partial charge on any atom is -0.382 e. The first-order valence-electron chi connectivity index (χ1n) is 8.38. The first-order chi connectivity index (χ1) is 12.9. The standard InChI is InChI=1S/C19H23FN2O4S/c1-12-15(9-13-5-6-14(27-4)10-16(13)20)18(21-22(2)19(12)24)17(23)11-26-8-7-25-3/h5-6,10H,7-9,11H2,1-4H3. The Bertz CT molecular complexity index is 883. The summed E-state index contributed by atoms with van der Waals surface area (Å²) in [4.78, 5) is 25.7. The van der Waals surface area contributed by atoms with Gasteiger partial charge in [0.25, 0.3) is 5.56 Å². The van der Waals surface area contributed by atoms with E-state index in [-0.39, 0.29) is 42.5 Å². The van der Waals surface area contributed by atoms with E-state index in [1.165, 1.54) is 32.0 Å². The van der Waals surface area contributed by atoms with Crippen molar-refractivity contribution in [3.8, 4) is 0 Å². The Labute approximate surface area is 161 Å². The lowest BCUT2D eigenvalue weighted by molar-refractivity contribution is 0.0571. The van der Waals surface area contributed by atoms with Gasteiger partial charge in [0, 0.05) is 31.0 Å². The zero-order valence-electron chi connectivity index (χ0n) is 15.9. The monoisotopic (exact) mass is 394 g/mol. The Morgan fingerprint density at radius 1 is 1.33 bits per heavy atom. The molecule has 6 nitrogen and oxygen atoms in total. The predicted molar refractivity (Wildman–Crippen MR) is 102 cm³/mol. The Morgan fingerprint density at radius 2 is 2.07 bits per heavy atom. The van der Waals surface area contributed by atoms with Crippen molar-refractivity contribution >= 4 is 17.5 Å². The number of halogens is 1. The van der Waals surface area contributed by atoms with Gasteiger partial charge in [-0.3, -0.25) is 9.59 Å². The number of nitrogens with zero attached hydrogens (tertiary/aromatic N) is 2. The van der Waals surface area contributed by atoms with Gasteiger partial charge in [0.1, 0.15) is 18.1 Å². The van der Waals surface area contributed by atoms with E-state index in [0.717, 1.165) is 9.58 Å². The normalized spacial score (nSPS) is 11.0.